The van der Waals surface area contributed by atoms with Gasteiger partial charge in [-0.25, -0.2) is 0 Å². The Morgan fingerprint density at radius 1 is 1.56 bits per heavy atom. The predicted molar refractivity (Wildman–Crippen MR) is 71.9 cm³/mol. The molecular formula is C14H18ClNO2. The summed E-state index contributed by atoms with van der Waals surface area (Å²) in [5.74, 6) is -0.738. The topological polar surface area (TPSA) is 40.5 Å². The maximum absolute atomic E-state index is 11.4. The highest BCUT2D eigenvalue weighted by atomic mass is 35.5. The van der Waals surface area contributed by atoms with Gasteiger partial charge in [0.1, 0.15) is 5.54 Å². The maximum atomic E-state index is 11.4. The first-order chi connectivity index (χ1) is 8.43. The van der Waals surface area contributed by atoms with Crippen molar-refractivity contribution in [3.05, 3.63) is 34.3 Å². The first-order valence-corrected chi connectivity index (χ1v) is 6.55. The first kappa shape index (κ1) is 13.4. The minimum Gasteiger partial charge on any atom is -0.480 e. The van der Waals surface area contributed by atoms with E-state index < -0.39 is 11.5 Å². The van der Waals surface area contributed by atoms with Crippen molar-refractivity contribution >= 4 is 17.6 Å². The summed E-state index contributed by atoms with van der Waals surface area (Å²) in [4.78, 5) is 13.4. The smallest absolute Gasteiger partial charge is 0.323 e. The molecule has 0 amide bonds. The number of carboxylic acids is 1. The minimum absolute atomic E-state index is 0.642. The van der Waals surface area contributed by atoms with Crippen LogP contribution in [0.25, 0.3) is 0 Å². The third-order valence-electron chi connectivity index (χ3n) is 3.86. The highest BCUT2D eigenvalue weighted by Crippen LogP contribution is 2.31. The van der Waals surface area contributed by atoms with Crippen LogP contribution in [0, 0.1) is 6.92 Å². The summed E-state index contributed by atoms with van der Waals surface area (Å²) in [5, 5.41) is 10.1. The van der Waals surface area contributed by atoms with Crippen molar-refractivity contribution in [2.75, 3.05) is 6.54 Å². The monoisotopic (exact) mass is 267 g/mol. The van der Waals surface area contributed by atoms with Gasteiger partial charge in [0.25, 0.3) is 0 Å². The third-order valence-corrected chi connectivity index (χ3v) is 4.27. The van der Waals surface area contributed by atoms with Crippen molar-refractivity contribution in [1.82, 2.24) is 4.90 Å². The molecule has 1 unspecified atom stereocenters. The van der Waals surface area contributed by atoms with E-state index in [-0.39, 0.29) is 0 Å². The van der Waals surface area contributed by atoms with Crippen molar-refractivity contribution < 1.29 is 9.90 Å². The molecule has 1 aliphatic heterocycles. The zero-order valence-electron chi connectivity index (χ0n) is 10.7. The lowest BCUT2D eigenvalue weighted by molar-refractivity contribution is -0.148. The number of benzene rings is 1. The number of aryl methyl sites for hydroxylation is 1. The number of carboxylic acid groups (broad SMARTS) is 1. The summed E-state index contributed by atoms with van der Waals surface area (Å²) in [7, 11) is 0. The molecule has 1 aromatic carbocycles. The Hall–Kier alpha value is -1.06. The van der Waals surface area contributed by atoms with E-state index in [1.54, 1.807) is 6.92 Å². The third kappa shape index (κ3) is 2.38. The van der Waals surface area contributed by atoms with Gasteiger partial charge in [0.2, 0.25) is 0 Å². The van der Waals surface area contributed by atoms with E-state index in [2.05, 4.69) is 0 Å². The van der Waals surface area contributed by atoms with E-state index in [1.165, 1.54) is 0 Å². The highest BCUT2D eigenvalue weighted by Gasteiger charge is 2.43. The number of aliphatic carboxylic acids is 1. The van der Waals surface area contributed by atoms with Gasteiger partial charge in [-0.15, -0.1) is 0 Å². The van der Waals surface area contributed by atoms with Crippen molar-refractivity contribution in [1.29, 1.82) is 0 Å². The molecule has 0 spiro atoms. The molecule has 0 aromatic heterocycles. The standard InChI is InChI=1S/C14H18ClNO2/c1-10-4-5-11(8-12(10)15)9-16-7-3-6-14(16,2)13(17)18/h4-5,8H,3,6-7,9H2,1-2H3,(H,17,18). The molecule has 1 N–H and O–H groups in total. The van der Waals surface area contributed by atoms with Gasteiger partial charge >= 0.3 is 5.97 Å². The molecule has 0 radical (unpaired) electrons. The highest BCUT2D eigenvalue weighted by molar-refractivity contribution is 6.31. The first-order valence-electron chi connectivity index (χ1n) is 6.17. The number of likely N-dealkylation sites (tertiary alicyclic amines) is 1. The number of nitrogens with zero attached hydrogens (tertiary/aromatic N) is 1. The van der Waals surface area contributed by atoms with E-state index in [9.17, 15) is 9.90 Å². The molecule has 1 aromatic rings. The van der Waals surface area contributed by atoms with E-state index >= 15 is 0 Å². The van der Waals surface area contributed by atoms with Crippen molar-refractivity contribution in [3.8, 4) is 0 Å². The summed E-state index contributed by atoms with van der Waals surface area (Å²) in [6.07, 6.45) is 1.64. The fraction of sp³-hybridized carbons (Fsp3) is 0.500. The second kappa shape index (κ2) is 4.90. The number of rotatable bonds is 3. The molecule has 0 aliphatic carbocycles. The summed E-state index contributed by atoms with van der Waals surface area (Å²) in [6.45, 7) is 5.23. The van der Waals surface area contributed by atoms with E-state index in [1.807, 2.05) is 30.0 Å². The van der Waals surface area contributed by atoms with E-state index in [4.69, 9.17) is 11.6 Å². The Kier molecular flexibility index (Phi) is 3.64. The fourth-order valence-electron chi connectivity index (χ4n) is 2.47. The zero-order valence-corrected chi connectivity index (χ0v) is 11.5. The second-order valence-electron chi connectivity index (χ2n) is 5.19. The van der Waals surface area contributed by atoms with Crippen LogP contribution in [0.15, 0.2) is 18.2 Å². The molecule has 3 nitrogen and oxygen atoms in total. The minimum atomic E-state index is -0.739. The molecule has 1 atom stereocenters. The lowest BCUT2D eigenvalue weighted by atomic mass is 9.99. The maximum Gasteiger partial charge on any atom is 0.323 e. The zero-order chi connectivity index (χ0) is 13.3. The molecule has 18 heavy (non-hydrogen) atoms. The molecule has 4 heteroatoms. The van der Waals surface area contributed by atoms with Gasteiger partial charge in [-0.2, -0.15) is 0 Å². The van der Waals surface area contributed by atoms with Gasteiger partial charge in [-0.1, -0.05) is 23.7 Å². The predicted octanol–water partition coefficient (Wildman–Crippen LogP) is 3.09. The normalized spacial score (nSPS) is 24.4. The van der Waals surface area contributed by atoms with Crippen LogP contribution < -0.4 is 0 Å². The van der Waals surface area contributed by atoms with Crippen LogP contribution in [0.5, 0.6) is 0 Å². The Bertz CT molecular complexity index is 475. The van der Waals surface area contributed by atoms with E-state index in [0.717, 1.165) is 29.1 Å². The van der Waals surface area contributed by atoms with Gasteiger partial charge in [0.15, 0.2) is 0 Å². The Morgan fingerprint density at radius 2 is 2.28 bits per heavy atom. The average molecular weight is 268 g/mol. The van der Waals surface area contributed by atoms with Crippen LogP contribution >= 0.6 is 11.6 Å². The summed E-state index contributed by atoms with van der Waals surface area (Å²) in [5.41, 5.74) is 1.37. The van der Waals surface area contributed by atoms with Crippen LogP contribution in [0.3, 0.4) is 0 Å². The lowest BCUT2D eigenvalue weighted by Gasteiger charge is -2.31. The number of halogens is 1. The Morgan fingerprint density at radius 3 is 2.89 bits per heavy atom. The van der Waals surface area contributed by atoms with E-state index in [0.29, 0.717) is 13.0 Å². The van der Waals surface area contributed by atoms with Gasteiger partial charge in [0, 0.05) is 11.6 Å². The fourth-order valence-corrected chi connectivity index (χ4v) is 2.67. The Labute approximate surface area is 112 Å². The molecule has 98 valence electrons. The van der Waals surface area contributed by atoms with Crippen LogP contribution in [-0.2, 0) is 11.3 Å². The van der Waals surface area contributed by atoms with Crippen LogP contribution in [0.1, 0.15) is 30.9 Å². The summed E-state index contributed by atoms with van der Waals surface area (Å²) < 4.78 is 0. The molecule has 1 aliphatic rings. The van der Waals surface area contributed by atoms with Crippen LogP contribution in [0.2, 0.25) is 5.02 Å². The molecule has 0 saturated carbocycles. The molecule has 0 bridgehead atoms. The van der Waals surface area contributed by atoms with Gasteiger partial charge in [0.05, 0.1) is 0 Å². The van der Waals surface area contributed by atoms with Crippen molar-refractivity contribution in [2.24, 2.45) is 0 Å². The van der Waals surface area contributed by atoms with Gasteiger partial charge < -0.3 is 5.11 Å². The number of hydrogen-bond acceptors (Lipinski definition) is 2. The second-order valence-corrected chi connectivity index (χ2v) is 5.59. The molecule has 2 rings (SSSR count). The van der Waals surface area contributed by atoms with Gasteiger partial charge in [-0.05, 0) is 50.4 Å². The number of carbonyl (C=O) groups is 1. The molecule has 1 fully saturated rings. The SMILES string of the molecule is Cc1ccc(CN2CCCC2(C)C(=O)O)cc1Cl. The van der Waals surface area contributed by atoms with Gasteiger partial charge in [-0.3, -0.25) is 9.69 Å². The van der Waals surface area contributed by atoms with Crippen molar-refractivity contribution in [2.45, 2.75) is 38.8 Å². The van der Waals surface area contributed by atoms with Crippen LogP contribution in [0.4, 0.5) is 0 Å². The molecular weight excluding hydrogens is 250 g/mol. The summed E-state index contributed by atoms with van der Waals surface area (Å²) >= 11 is 6.10. The number of hydrogen-bond donors (Lipinski definition) is 1. The largest absolute Gasteiger partial charge is 0.480 e. The van der Waals surface area contributed by atoms with Crippen molar-refractivity contribution in [3.63, 3.8) is 0 Å². The lowest BCUT2D eigenvalue weighted by Crippen LogP contribution is -2.47. The Balaban J connectivity index is 2.18. The summed E-state index contributed by atoms with van der Waals surface area (Å²) in [6, 6.07) is 5.92. The molecule has 1 saturated heterocycles. The van der Waals surface area contributed by atoms with Crippen LogP contribution in [-0.4, -0.2) is 28.1 Å². The molecule has 1 heterocycles. The quantitative estimate of drug-likeness (QED) is 0.915. The average Bonchev–Trinajstić information content (AvgIpc) is 2.67.